The summed E-state index contributed by atoms with van der Waals surface area (Å²) in [7, 11) is 0. The second-order valence-corrected chi connectivity index (χ2v) is 16.1. The van der Waals surface area contributed by atoms with Crippen molar-refractivity contribution in [1.29, 1.82) is 0 Å². The zero-order valence-corrected chi connectivity index (χ0v) is 31.8. The van der Waals surface area contributed by atoms with Crippen LogP contribution in [0.15, 0.2) is 199 Å². The standard InChI is InChI=1S/C55H40N2/c1-35-19-21-36(22-20-35)40-27-29-46-47-30-28-41(34-51(47)55(50(46)33-40)48-15-7-5-13-44(48)45-14-6-8-16-49(45)55)38-23-24-39-32-42(26-25-37(39)31-38)54-56-52-17-9-10-18-53(52)57(54)43-11-3-2-4-12-43/h2-9,11-17,19-34,54,56H,10,18H2,1H3. The Kier molecular flexibility index (Phi) is 6.98. The summed E-state index contributed by atoms with van der Waals surface area (Å²) < 4.78 is 0. The largest absolute Gasteiger partial charge is 0.360 e. The normalized spacial score (nSPS) is 16.6. The van der Waals surface area contributed by atoms with Gasteiger partial charge >= 0.3 is 0 Å². The molecule has 270 valence electrons. The molecule has 4 aliphatic rings. The SMILES string of the molecule is Cc1ccc(-c2ccc3c(c2)C2(c4ccccc4-c4ccccc42)c2cc(-c4ccc5cc(C6NC7=C(CCC=C7)N6c6ccccc6)ccc5c4)ccc2-3)cc1. The first-order valence-corrected chi connectivity index (χ1v) is 20.3. The molecular weight excluding hydrogens is 689 g/mol. The zero-order valence-electron chi connectivity index (χ0n) is 31.8. The molecule has 12 rings (SSSR count). The van der Waals surface area contributed by atoms with E-state index < -0.39 is 5.41 Å². The number of allylic oxidation sites excluding steroid dienone is 3. The van der Waals surface area contributed by atoms with Crippen molar-refractivity contribution in [3.05, 3.63) is 233 Å². The molecule has 1 heterocycles. The van der Waals surface area contributed by atoms with Gasteiger partial charge in [0.25, 0.3) is 0 Å². The second kappa shape index (κ2) is 12.3. The van der Waals surface area contributed by atoms with Crippen LogP contribution in [-0.4, -0.2) is 0 Å². The van der Waals surface area contributed by atoms with E-state index >= 15 is 0 Å². The Balaban J connectivity index is 0.982. The van der Waals surface area contributed by atoms with Crippen molar-refractivity contribution in [2.24, 2.45) is 0 Å². The van der Waals surface area contributed by atoms with Gasteiger partial charge in [-0.1, -0.05) is 151 Å². The number of aryl methyl sites for hydroxylation is 1. The fraction of sp³-hybridized carbons (Fsp3) is 0.0909. The highest BCUT2D eigenvalue weighted by Gasteiger charge is 2.51. The van der Waals surface area contributed by atoms with Gasteiger partial charge in [-0.25, -0.2) is 0 Å². The van der Waals surface area contributed by atoms with Gasteiger partial charge < -0.3 is 10.2 Å². The van der Waals surface area contributed by atoms with E-state index in [-0.39, 0.29) is 6.17 Å². The van der Waals surface area contributed by atoms with Crippen molar-refractivity contribution < 1.29 is 0 Å². The van der Waals surface area contributed by atoms with Crippen LogP contribution in [0.2, 0.25) is 0 Å². The molecule has 0 saturated carbocycles. The summed E-state index contributed by atoms with van der Waals surface area (Å²) in [6.07, 6.45) is 6.70. The lowest BCUT2D eigenvalue weighted by Gasteiger charge is -2.31. The summed E-state index contributed by atoms with van der Waals surface area (Å²) in [6.45, 7) is 2.16. The number of rotatable bonds is 4. The van der Waals surface area contributed by atoms with Crippen molar-refractivity contribution in [3.63, 3.8) is 0 Å². The van der Waals surface area contributed by atoms with Gasteiger partial charge in [0.15, 0.2) is 0 Å². The Morgan fingerprint density at radius 1 is 0.509 bits per heavy atom. The first-order chi connectivity index (χ1) is 28.1. The monoisotopic (exact) mass is 728 g/mol. The Labute approximate surface area is 334 Å². The van der Waals surface area contributed by atoms with E-state index in [9.17, 15) is 0 Å². The molecule has 1 unspecified atom stereocenters. The Bertz CT molecular complexity index is 2960. The van der Waals surface area contributed by atoms with Crippen molar-refractivity contribution in [2.45, 2.75) is 31.3 Å². The maximum Gasteiger partial charge on any atom is 0.130 e. The number of hydrogen-bond donors (Lipinski definition) is 1. The fourth-order valence-corrected chi connectivity index (χ4v) is 10.4. The van der Waals surface area contributed by atoms with E-state index in [1.807, 2.05) is 0 Å². The summed E-state index contributed by atoms with van der Waals surface area (Å²) in [5, 5.41) is 6.36. The van der Waals surface area contributed by atoms with Crippen LogP contribution in [0.3, 0.4) is 0 Å². The van der Waals surface area contributed by atoms with Crippen LogP contribution in [0, 0.1) is 6.92 Å². The molecule has 2 heteroatoms. The summed E-state index contributed by atoms with van der Waals surface area (Å²) in [6, 6.07) is 66.3. The van der Waals surface area contributed by atoms with Crippen molar-refractivity contribution in [2.75, 3.05) is 4.90 Å². The number of fused-ring (bicyclic) bond motifs is 11. The molecule has 8 aromatic rings. The predicted octanol–water partition coefficient (Wildman–Crippen LogP) is 13.5. The fourth-order valence-electron chi connectivity index (χ4n) is 10.4. The summed E-state index contributed by atoms with van der Waals surface area (Å²) in [5.74, 6) is 0. The molecule has 1 aliphatic heterocycles. The highest BCUT2D eigenvalue weighted by molar-refractivity contribution is 5.97. The molecular formula is C55H40N2. The van der Waals surface area contributed by atoms with Gasteiger partial charge in [0, 0.05) is 11.4 Å². The highest BCUT2D eigenvalue weighted by Crippen LogP contribution is 2.63. The topological polar surface area (TPSA) is 15.3 Å². The molecule has 57 heavy (non-hydrogen) atoms. The summed E-state index contributed by atoms with van der Waals surface area (Å²) in [4.78, 5) is 2.50. The van der Waals surface area contributed by atoms with Crippen LogP contribution < -0.4 is 10.2 Å². The van der Waals surface area contributed by atoms with E-state index in [2.05, 4.69) is 205 Å². The maximum atomic E-state index is 3.86. The summed E-state index contributed by atoms with van der Waals surface area (Å²) >= 11 is 0. The Hall–Kier alpha value is -6.90. The molecule has 0 bridgehead atoms. The van der Waals surface area contributed by atoms with E-state index in [0.717, 1.165) is 12.8 Å². The number of para-hydroxylation sites is 1. The van der Waals surface area contributed by atoms with Crippen LogP contribution in [0.4, 0.5) is 5.69 Å². The van der Waals surface area contributed by atoms with E-state index in [4.69, 9.17) is 0 Å². The molecule has 0 saturated heterocycles. The Morgan fingerprint density at radius 3 is 1.79 bits per heavy atom. The third-order valence-electron chi connectivity index (χ3n) is 13.0. The maximum absolute atomic E-state index is 3.86. The molecule has 3 aliphatic carbocycles. The van der Waals surface area contributed by atoms with Crippen LogP contribution in [0.25, 0.3) is 55.3 Å². The third kappa shape index (κ3) is 4.71. The lowest BCUT2D eigenvalue weighted by molar-refractivity contribution is 0.648. The minimum absolute atomic E-state index is 0.0439. The number of hydrogen-bond acceptors (Lipinski definition) is 2. The zero-order chi connectivity index (χ0) is 37.7. The van der Waals surface area contributed by atoms with Crippen LogP contribution in [-0.2, 0) is 5.41 Å². The molecule has 0 amide bonds. The van der Waals surface area contributed by atoms with Crippen molar-refractivity contribution in [1.82, 2.24) is 5.32 Å². The number of nitrogens with zero attached hydrogens (tertiary/aromatic N) is 1. The number of benzene rings is 8. The van der Waals surface area contributed by atoms with Gasteiger partial charge in [-0.2, -0.15) is 0 Å². The van der Waals surface area contributed by atoms with Gasteiger partial charge in [0.2, 0.25) is 0 Å². The first-order valence-electron chi connectivity index (χ1n) is 20.3. The average Bonchev–Trinajstić information content (AvgIpc) is 3.91. The number of nitrogens with one attached hydrogen (secondary N) is 1. The molecule has 0 fully saturated rings. The predicted molar refractivity (Wildman–Crippen MR) is 236 cm³/mol. The summed E-state index contributed by atoms with van der Waals surface area (Å²) in [5.41, 5.74) is 21.7. The molecule has 1 spiro atoms. The van der Waals surface area contributed by atoms with Crippen LogP contribution in [0.5, 0.6) is 0 Å². The highest BCUT2D eigenvalue weighted by atomic mass is 15.3. The van der Waals surface area contributed by atoms with Crippen LogP contribution in [0.1, 0.15) is 52.4 Å². The second-order valence-electron chi connectivity index (χ2n) is 16.1. The molecule has 2 nitrogen and oxygen atoms in total. The first kappa shape index (κ1) is 32.4. The lowest BCUT2D eigenvalue weighted by atomic mass is 9.70. The molecule has 0 aromatic heterocycles. The third-order valence-corrected chi connectivity index (χ3v) is 13.0. The molecule has 8 aromatic carbocycles. The molecule has 1 atom stereocenters. The van der Waals surface area contributed by atoms with Gasteiger partial charge in [-0.3, -0.25) is 0 Å². The van der Waals surface area contributed by atoms with Crippen molar-refractivity contribution >= 4 is 16.5 Å². The smallest absolute Gasteiger partial charge is 0.130 e. The van der Waals surface area contributed by atoms with Gasteiger partial charge in [-0.15, -0.1) is 0 Å². The van der Waals surface area contributed by atoms with Gasteiger partial charge in [0.05, 0.1) is 11.1 Å². The molecule has 0 radical (unpaired) electrons. The van der Waals surface area contributed by atoms with Gasteiger partial charge in [0.1, 0.15) is 6.17 Å². The quantitative estimate of drug-likeness (QED) is 0.194. The van der Waals surface area contributed by atoms with E-state index in [1.54, 1.807) is 0 Å². The minimum atomic E-state index is -0.415. The average molecular weight is 729 g/mol. The van der Waals surface area contributed by atoms with Gasteiger partial charge in [-0.05, 0) is 145 Å². The van der Waals surface area contributed by atoms with Crippen LogP contribution >= 0.6 is 0 Å². The van der Waals surface area contributed by atoms with E-state index in [0.29, 0.717) is 0 Å². The minimum Gasteiger partial charge on any atom is -0.360 e. The van der Waals surface area contributed by atoms with Crippen molar-refractivity contribution in [3.8, 4) is 44.5 Å². The molecule has 1 N–H and O–H groups in total. The number of anilines is 1. The Morgan fingerprint density at radius 2 is 1.07 bits per heavy atom. The van der Waals surface area contributed by atoms with E-state index in [1.165, 1.54) is 106 Å². The lowest BCUT2D eigenvalue weighted by Crippen LogP contribution is -2.29.